The predicted octanol–water partition coefficient (Wildman–Crippen LogP) is 4.94. The molecule has 28 heavy (non-hydrogen) atoms. The van der Waals surface area contributed by atoms with Crippen molar-refractivity contribution < 1.29 is 13.1 Å². The highest BCUT2D eigenvalue weighted by Gasteiger charge is 2.17. The van der Waals surface area contributed by atoms with Crippen LogP contribution in [0.15, 0.2) is 90.0 Å². The van der Waals surface area contributed by atoms with Crippen LogP contribution < -0.4 is 4.68 Å². The summed E-state index contributed by atoms with van der Waals surface area (Å²) in [4.78, 5) is 4.32. The summed E-state index contributed by atoms with van der Waals surface area (Å²) in [6.07, 6.45) is 1.77. The van der Waals surface area contributed by atoms with Gasteiger partial charge in [0.25, 0.3) is 0 Å². The third-order valence-electron chi connectivity index (χ3n) is 4.73. The molecule has 0 aliphatic rings. The first-order valence-electron chi connectivity index (χ1n) is 8.99. The largest absolute Gasteiger partial charge is 0.317 e. The number of fused-ring (bicyclic) bond motifs is 1. The molecule has 0 fully saturated rings. The van der Waals surface area contributed by atoms with Crippen molar-refractivity contribution in [2.75, 3.05) is 0 Å². The van der Waals surface area contributed by atoms with E-state index in [1.54, 1.807) is 30.5 Å². The fraction of sp³-hybridized carbons (Fsp3) is 0.0870. The number of aryl methyl sites for hydroxylation is 2. The highest BCUT2D eigenvalue weighted by atomic mass is 32.2. The molecule has 1 heterocycles. The van der Waals surface area contributed by atoms with Crippen molar-refractivity contribution in [1.29, 1.82) is 0 Å². The van der Waals surface area contributed by atoms with Crippen molar-refractivity contribution >= 4 is 20.8 Å². The summed E-state index contributed by atoms with van der Waals surface area (Å²) >= 11 is 0. The van der Waals surface area contributed by atoms with Gasteiger partial charge in [0, 0.05) is 17.0 Å². The number of hydrogen-bond acceptors (Lipinski definition) is 2. The normalized spacial score (nSPS) is 11.5. The molecule has 4 aromatic rings. The quantitative estimate of drug-likeness (QED) is 0.465. The number of pyridine rings is 1. The van der Waals surface area contributed by atoms with Crippen molar-refractivity contribution in [2.24, 2.45) is 0 Å². The molecule has 1 aromatic heterocycles. The Labute approximate surface area is 165 Å². The maximum absolute atomic E-state index is 12.9. The fourth-order valence-electron chi connectivity index (χ4n) is 3.18. The van der Waals surface area contributed by atoms with Crippen LogP contribution in [-0.4, -0.2) is 8.42 Å². The maximum Gasteiger partial charge on any atom is 0.209 e. The summed E-state index contributed by atoms with van der Waals surface area (Å²) < 4.78 is 27.3. The number of aromatic nitrogens is 1. The van der Waals surface area contributed by atoms with E-state index < -0.39 is 10.0 Å². The highest BCUT2D eigenvalue weighted by molar-refractivity contribution is 7.93. The van der Waals surface area contributed by atoms with Crippen LogP contribution in [0.25, 0.3) is 26.9 Å². The van der Waals surface area contributed by atoms with Gasteiger partial charge in [0.2, 0.25) is 5.69 Å². The number of sulfonamides is 1. The Morgan fingerprint density at radius 3 is 2.14 bits per heavy atom. The topological polar surface area (TPSA) is 52.1 Å². The zero-order chi connectivity index (χ0) is 19.7. The minimum absolute atomic E-state index is 0.175. The number of nitrogens with zero attached hydrogens (tertiary/aromatic N) is 2. The van der Waals surface area contributed by atoms with Gasteiger partial charge in [0.15, 0.2) is 16.2 Å². The number of benzene rings is 3. The maximum atomic E-state index is 12.9. The second kappa shape index (κ2) is 7.09. The van der Waals surface area contributed by atoms with Crippen LogP contribution in [-0.2, 0) is 10.0 Å². The molecule has 0 aliphatic carbocycles. The Morgan fingerprint density at radius 1 is 0.786 bits per heavy atom. The van der Waals surface area contributed by atoms with E-state index in [1.165, 1.54) is 4.68 Å². The van der Waals surface area contributed by atoms with Crippen LogP contribution in [0.5, 0.6) is 0 Å². The highest BCUT2D eigenvalue weighted by Crippen LogP contribution is 2.25. The lowest BCUT2D eigenvalue weighted by Crippen LogP contribution is -2.34. The van der Waals surface area contributed by atoms with Crippen LogP contribution in [0, 0.1) is 13.8 Å². The summed E-state index contributed by atoms with van der Waals surface area (Å²) in [5, 5.41) is 1.95. The number of hydrogen-bond donors (Lipinski definition) is 0. The standard InChI is InChI=1S/C23H20N2O2S/c1-17-11-13-21(14-12-17)28(26,27)24-25-16-20-9-5-4-8-19(20)15-23(25)22-10-6-3-7-18(22)2/h3-16H,1-2H3. The Morgan fingerprint density at radius 2 is 1.43 bits per heavy atom. The fourth-order valence-corrected chi connectivity index (χ4v) is 4.12. The molecule has 0 saturated heterocycles. The molecule has 0 aliphatic heterocycles. The lowest BCUT2D eigenvalue weighted by Gasteiger charge is -2.19. The Kier molecular flexibility index (Phi) is 4.61. The van der Waals surface area contributed by atoms with Crippen molar-refractivity contribution in [3.63, 3.8) is 0 Å². The second-order valence-electron chi connectivity index (χ2n) is 6.82. The van der Waals surface area contributed by atoms with E-state index in [0.29, 0.717) is 0 Å². The molecule has 5 heteroatoms. The summed E-state index contributed by atoms with van der Waals surface area (Å²) in [5.74, 6) is 0. The first-order chi connectivity index (χ1) is 13.4. The molecule has 0 amide bonds. The van der Waals surface area contributed by atoms with Crippen molar-refractivity contribution in [1.82, 2.24) is 0 Å². The van der Waals surface area contributed by atoms with Crippen molar-refractivity contribution in [3.05, 3.63) is 101 Å². The van der Waals surface area contributed by atoms with E-state index in [-0.39, 0.29) is 4.90 Å². The van der Waals surface area contributed by atoms with Crippen LogP contribution >= 0.6 is 0 Å². The molecule has 0 unspecified atom stereocenters. The van der Waals surface area contributed by atoms with Gasteiger partial charge in [-0.15, -0.1) is 0 Å². The van der Waals surface area contributed by atoms with E-state index in [1.807, 2.05) is 68.4 Å². The smallest absolute Gasteiger partial charge is 0.209 e. The van der Waals surface area contributed by atoms with Gasteiger partial charge >= 0.3 is 0 Å². The van der Waals surface area contributed by atoms with Crippen LogP contribution in [0.4, 0.5) is 0 Å². The lowest BCUT2D eigenvalue weighted by molar-refractivity contribution is -0.600. The minimum Gasteiger partial charge on any atom is -0.317 e. The van der Waals surface area contributed by atoms with Crippen molar-refractivity contribution in [2.45, 2.75) is 18.7 Å². The molecule has 3 aromatic carbocycles. The van der Waals surface area contributed by atoms with Crippen LogP contribution in [0.3, 0.4) is 0 Å². The van der Waals surface area contributed by atoms with Gasteiger partial charge in [0.05, 0.1) is 4.90 Å². The third kappa shape index (κ3) is 3.49. The van der Waals surface area contributed by atoms with Gasteiger partial charge in [-0.3, -0.25) is 0 Å². The summed E-state index contributed by atoms with van der Waals surface area (Å²) in [7, 11) is -3.85. The molecule has 0 N–H and O–H groups in total. The van der Waals surface area contributed by atoms with Crippen LogP contribution in [0.1, 0.15) is 11.1 Å². The van der Waals surface area contributed by atoms with Gasteiger partial charge in [-0.25, -0.2) is 13.1 Å². The Bertz CT molecular complexity index is 1260. The molecule has 0 spiro atoms. The van der Waals surface area contributed by atoms with E-state index in [2.05, 4.69) is 4.83 Å². The molecular weight excluding hydrogens is 368 g/mol. The Balaban J connectivity index is 1.89. The molecule has 0 saturated carbocycles. The third-order valence-corrected chi connectivity index (χ3v) is 5.99. The van der Waals surface area contributed by atoms with E-state index >= 15 is 0 Å². The van der Waals surface area contributed by atoms with Gasteiger partial charge in [-0.05, 0) is 49.1 Å². The minimum atomic E-state index is -3.85. The van der Waals surface area contributed by atoms with Gasteiger partial charge < -0.3 is 4.83 Å². The molecular formula is C23H20N2O2S. The lowest BCUT2D eigenvalue weighted by atomic mass is 10.0. The molecule has 4 nitrogen and oxygen atoms in total. The van der Waals surface area contributed by atoms with Gasteiger partial charge in [0.1, 0.15) is 0 Å². The molecule has 0 bridgehead atoms. The average Bonchev–Trinajstić information content (AvgIpc) is 2.68. The monoisotopic (exact) mass is 388 g/mol. The van der Waals surface area contributed by atoms with E-state index in [9.17, 15) is 8.42 Å². The predicted molar refractivity (Wildman–Crippen MR) is 111 cm³/mol. The summed E-state index contributed by atoms with van der Waals surface area (Å²) in [6.45, 7) is 3.92. The first-order valence-corrected chi connectivity index (χ1v) is 10.4. The van der Waals surface area contributed by atoms with Crippen LogP contribution in [0.2, 0.25) is 0 Å². The molecule has 0 atom stereocenters. The summed E-state index contributed by atoms with van der Waals surface area (Å²) in [5.41, 5.74) is 3.72. The average molecular weight is 388 g/mol. The van der Waals surface area contributed by atoms with Crippen molar-refractivity contribution in [3.8, 4) is 11.3 Å². The van der Waals surface area contributed by atoms with Gasteiger partial charge in [-0.1, -0.05) is 54.1 Å². The van der Waals surface area contributed by atoms with E-state index in [4.69, 9.17) is 0 Å². The molecule has 4 rings (SSSR count). The summed E-state index contributed by atoms with van der Waals surface area (Å²) in [6, 6.07) is 24.4. The van der Waals surface area contributed by atoms with Gasteiger partial charge in [-0.2, -0.15) is 0 Å². The van der Waals surface area contributed by atoms with E-state index in [0.717, 1.165) is 33.2 Å². The number of rotatable bonds is 4. The second-order valence-corrected chi connectivity index (χ2v) is 8.40. The Hall–Kier alpha value is -3.18. The SMILES string of the molecule is Cc1ccc(S(=O)(=O)[N-][n+]2cc3ccccc3cc2-c2ccccc2C)cc1. The zero-order valence-electron chi connectivity index (χ0n) is 15.7. The molecule has 0 radical (unpaired) electrons. The molecule has 140 valence electrons. The first kappa shape index (κ1) is 18.2. The zero-order valence-corrected chi connectivity index (χ0v) is 16.5.